The van der Waals surface area contributed by atoms with Crippen LogP contribution in [0.4, 0.5) is 0 Å². The largest absolute Gasteiger partial charge is 0.304 e. The predicted octanol–water partition coefficient (Wildman–Crippen LogP) is 1.88. The van der Waals surface area contributed by atoms with Crippen LogP contribution in [0.25, 0.3) is 11.0 Å². The molecule has 100 valence electrons. The average molecular weight is 257 g/mol. The van der Waals surface area contributed by atoms with E-state index in [0.717, 1.165) is 24.1 Å². The van der Waals surface area contributed by atoms with E-state index in [-0.39, 0.29) is 5.56 Å². The number of para-hydroxylation sites is 2. The van der Waals surface area contributed by atoms with Gasteiger partial charge in [0.25, 0.3) is 5.56 Å². The van der Waals surface area contributed by atoms with Crippen LogP contribution in [-0.2, 0) is 6.54 Å². The summed E-state index contributed by atoms with van der Waals surface area (Å²) < 4.78 is 1.87. The van der Waals surface area contributed by atoms with Crippen molar-refractivity contribution in [2.75, 3.05) is 13.6 Å². The maximum absolute atomic E-state index is 12.1. The minimum atomic E-state index is -0.00215. The summed E-state index contributed by atoms with van der Waals surface area (Å²) in [6, 6.07) is 8.31. The van der Waals surface area contributed by atoms with Gasteiger partial charge in [0, 0.05) is 12.6 Å². The Balaban J connectivity index is 1.99. The molecule has 1 fully saturated rings. The van der Waals surface area contributed by atoms with Gasteiger partial charge in [0.05, 0.1) is 17.2 Å². The minimum absolute atomic E-state index is 0.00215. The first-order valence-corrected chi connectivity index (χ1v) is 6.90. The SMILES string of the molecule is CN1CCCCC1Cn1c(=O)cnc2ccccc21. The van der Waals surface area contributed by atoms with Crippen molar-refractivity contribution >= 4 is 11.0 Å². The number of nitrogens with zero attached hydrogens (tertiary/aromatic N) is 3. The first kappa shape index (κ1) is 12.4. The topological polar surface area (TPSA) is 38.1 Å². The van der Waals surface area contributed by atoms with E-state index in [0.29, 0.717) is 6.04 Å². The molecule has 1 unspecified atom stereocenters. The molecule has 0 saturated carbocycles. The summed E-state index contributed by atoms with van der Waals surface area (Å²) in [6.45, 7) is 1.89. The standard InChI is InChI=1S/C15H19N3O/c1-17-9-5-4-6-12(17)11-18-14-8-3-2-7-13(14)16-10-15(18)19/h2-3,7-8,10,12H,4-6,9,11H2,1H3. The highest BCUT2D eigenvalue weighted by atomic mass is 16.1. The highest BCUT2D eigenvalue weighted by Gasteiger charge is 2.20. The summed E-state index contributed by atoms with van der Waals surface area (Å²) in [5, 5.41) is 0. The molecule has 2 heterocycles. The molecule has 1 aromatic heterocycles. The fourth-order valence-electron chi connectivity index (χ4n) is 2.89. The number of aromatic nitrogens is 2. The molecule has 0 N–H and O–H groups in total. The van der Waals surface area contributed by atoms with E-state index in [2.05, 4.69) is 16.9 Å². The van der Waals surface area contributed by atoms with Crippen LogP contribution in [0.3, 0.4) is 0 Å². The molecule has 0 bridgehead atoms. The van der Waals surface area contributed by atoms with Gasteiger partial charge < -0.3 is 9.47 Å². The fraction of sp³-hybridized carbons (Fsp3) is 0.467. The molecular formula is C15H19N3O. The molecule has 1 saturated heterocycles. The normalized spacial score (nSPS) is 20.8. The van der Waals surface area contributed by atoms with Crippen molar-refractivity contribution in [1.29, 1.82) is 0 Å². The van der Waals surface area contributed by atoms with Gasteiger partial charge in [-0.05, 0) is 38.6 Å². The zero-order valence-electron chi connectivity index (χ0n) is 11.2. The van der Waals surface area contributed by atoms with Gasteiger partial charge in [-0.15, -0.1) is 0 Å². The number of piperidine rings is 1. The minimum Gasteiger partial charge on any atom is -0.304 e. The monoisotopic (exact) mass is 257 g/mol. The van der Waals surface area contributed by atoms with E-state index in [1.54, 1.807) is 0 Å². The number of likely N-dealkylation sites (N-methyl/N-ethyl adjacent to an activating group) is 1. The van der Waals surface area contributed by atoms with Crippen molar-refractivity contribution in [3.63, 3.8) is 0 Å². The lowest BCUT2D eigenvalue weighted by Gasteiger charge is -2.33. The smallest absolute Gasteiger partial charge is 0.269 e. The second-order valence-corrected chi connectivity index (χ2v) is 5.33. The van der Waals surface area contributed by atoms with Crippen LogP contribution in [0.1, 0.15) is 19.3 Å². The second kappa shape index (κ2) is 5.13. The molecule has 0 radical (unpaired) electrons. The van der Waals surface area contributed by atoms with Gasteiger partial charge >= 0.3 is 0 Å². The molecule has 3 rings (SSSR count). The maximum atomic E-state index is 12.1. The lowest BCUT2D eigenvalue weighted by atomic mass is 10.0. The number of likely N-dealkylation sites (tertiary alicyclic amines) is 1. The molecule has 0 amide bonds. The Morgan fingerprint density at radius 2 is 2.16 bits per heavy atom. The summed E-state index contributed by atoms with van der Waals surface area (Å²) in [5.41, 5.74) is 1.83. The average Bonchev–Trinajstić information content (AvgIpc) is 2.44. The highest BCUT2D eigenvalue weighted by molar-refractivity contribution is 5.74. The van der Waals surface area contributed by atoms with Crippen molar-refractivity contribution < 1.29 is 0 Å². The van der Waals surface area contributed by atoms with Crippen LogP contribution in [0, 0.1) is 0 Å². The molecule has 1 aromatic carbocycles. The van der Waals surface area contributed by atoms with Gasteiger partial charge in [0.2, 0.25) is 0 Å². The van der Waals surface area contributed by atoms with Crippen LogP contribution < -0.4 is 5.56 Å². The third-order valence-electron chi connectivity index (χ3n) is 4.07. The Labute approximate surface area is 112 Å². The molecule has 0 aliphatic carbocycles. The van der Waals surface area contributed by atoms with Gasteiger partial charge in [0.15, 0.2) is 0 Å². The van der Waals surface area contributed by atoms with E-state index in [9.17, 15) is 4.79 Å². The third-order valence-corrected chi connectivity index (χ3v) is 4.07. The first-order valence-electron chi connectivity index (χ1n) is 6.90. The van der Waals surface area contributed by atoms with Gasteiger partial charge in [-0.25, -0.2) is 4.98 Å². The Kier molecular flexibility index (Phi) is 3.34. The maximum Gasteiger partial charge on any atom is 0.269 e. The molecule has 19 heavy (non-hydrogen) atoms. The summed E-state index contributed by atoms with van der Waals surface area (Å²) in [5.74, 6) is 0. The second-order valence-electron chi connectivity index (χ2n) is 5.33. The number of hydrogen-bond acceptors (Lipinski definition) is 3. The summed E-state index contributed by atoms with van der Waals surface area (Å²) >= 11 is 0. The zero-order valence-corrected chi connectivity index (χ0v) is 11.2. The molecule has 4 heteroatoms. The Bertz CT molecular complexity index is 635. The van der Waals surface area contributed by atoms with Crippen LogP contribution in [0.2, 0.25) is 0 Å². The summed E-state index contributed by atoms with van der Waals surface area (Å²) in [4.78, 5) is 18.7. The van der Waals surface area contributed by atoms with E-state index >= 15 is 0 Å². The zero-order chi connectivity index (χ0) is 13.2. The lowest BCUT2D eigenvalue weighted by Crippen LogP contribution is -2.41. The van der Waals surface area contributed by atoms with Gasteiger partial charge in [0.1, 0.15) is 0 Å². The van der Waals surface area contributed by atoms with Crippen molar-refractivity contribution in [2.24, 2.45) is 0 Å². The van der Waals surface area contributed by atoms with Gasteiger partial charge in [-0.3, -0.25) is 4.79 Å². The molecular weight excluding hydrogens is 238 g/mol. The molecule has 1 aliphatic rings. The van der Waals surface area contributed by atoms with E-state index in [4.69, 9.17) is 0 Å². The molecule has 1 aliphatic heterocycles. The molecule has 2 aromatic rings. The Morgan fingerprint density at radius 3 is 3.00 bits per heavy atom. The van der Waals surface area contributed by atoms with E-state index in [1.165, 1.54) is 25.5 Å². The fourth-order valence-corrected chi connectivity index (χ4v) is 2.89. The van der Waals surface area contributed by atoms with Crippen molar-refractivity contribution in [1.82, 2.24) is 14.5 Å². The van der Waals surface area contributed by atoms with Crippen molar-refractivity contribution in [3.8, 4) is 0 Å². The van der Waals surface area contributed by atoms with Crippen LogP contribution in [0.5, 0.6) is 0 Å². The Hall–Kier alpha value is -1.68. The molecule has 0 spiro atoms. The number of fused-ring (bicyclic) bond motifs is 1. The van der Waals surface area contributed by atoms with E-state index in [1.807, 2.05) is 28.8 Å². The Morgan fingerprint density at radius 1 is 1.32 bits per heavy atom. The third kappa shape index (κ3) is 2.40. The summed E-state index contributed by atoms with van der Waals surface area (Å²) in [6.07, 6.45) is 5.12. The van der Waals surface area contributed by atoms with Crippen LogP contribution in [0.15, 0.2) is 35.3 Å². The van der Waals surface area contributed by atoms with Crippen molar-refractivity contribution in [2.45, 2.75) is 31.8 Å². The lowest BCUT2D eigenvalue weighted by molar-refractivity contribution is 0.167. The van der Waals surface area contributed by atoms with Gasteiger partial charge in [-0.1, -0.05) is 18.6 Å². The summed E-state index contributed by atoms with van der Waals surface area (Å²) in [7, 11) is 2.15. The first-order chi connectivity index (χ1) is 9.25. The quantitative estimate of drug-likeness (QED) is 0.824. The highest BCUT2D eigenvalue weighted by Crippen LogP contribution is 2.17. The van der Waals surface area contributed by atoms with Crippen LogP contribution in [-0.4, -0.2) is 34.1 Å². The molecule has 1 atom stereocenters. The number of benzene rings is 1. The van der Waals surface area contributed by atoms with Crippen LogP contribution >= 0.6 is 0 Å². The predicted molar refractivity (Wildman–Crippen MR) is 76.3 cm³/mol. The van der Waals surface area contributed by atoms with E-state index < -0.39 is 0 Å². The number of rotatable bonds is 2. The van der Waals surface area contributed by atoms with Gasteiger partial charge in [-0.2, -0.15) is 0 Å². The van der Waals surface area contributed by atoms with Crippen molar-refractivity contribution in [3.05, 3.63) is 40.8 Å². The number of hydrogen-bond donors (Lipinski definition) is 0. The molecule has 4 nitrogen and oxygen atoms in total.